The van der Waals surface area contributed by atoms with Crippen LogP contribution in [0, 0.1) is 50.2 Å². The first-order valence-electron chi connectivity index (χ1n) is 15.6. The molecule has 1 saturated heterocycles. The fourth-order valence-corrected chi connectivity index (χ4v) is 11.9. The van der Waals surface area contributed by atoms with E-state index in [1.165, 1.54) is 57.8 Å². The first-order chi connectivity index (χ1) is 17.0. The summed E-state index contributed by atoms with van der Waals surface area (Å²) in [5, 5.41) is 0. The molecule has 6 rings (SSSR count). The number of fused-ring (bicyclic) bond motifs is 9. The first kappa shape index (κ1) is 26.8. The summed E-state index contributed by atoms with van der Waals surface area (Å²) < 4.78 is 19.2. The van der Waals surface area contributed by atoms with Gasteiger partial charge in [-0.05, 0) is 111 Å². The minimum Gasteiger partial charge on any atom is -0.381 e. The average Bonchev–Trinajstić information content (AvgIpc) is 2.80. The predicted octanol–water partition coefficient (Wildman–Crippen LogP) is 8.56. The minimum atomic E-state index is -0.445. The highest BCUT2D eigenvalue weighted by molar-refractivity contribution is 5.34. The number of allylic oxidation sites excluding steroid dienone is 2. The Bertz CT molecular complexity index is 982. The molecule has 5 fully saturated rings. The molecule has 10 atom stereocenters. The number of rotatable bonds is 1. The third-order valence-corrected chi connectivity index (χ3v) is 14.3. The molecule has 0 aromatic carbocycles. The Morgan fingerprint density at radius 2 is 1.51 bits per heavy atom. The van der Waals surface area contributed by atoms with Crippen LogP contribution in [-0.4, -0.2) is 31.7 Å². The summed E-state index contributed by atoms with van der Waals surface area (Å²) in [4.78, 5) is 0. The number of ether oxygens (including phenoxy) is 3. The molecule has 3 nitrogen and oxygen atoms in total. The van der Waals surface area contributed by atoms with E-state index in [-0.39, 0.29) is 10.8 Å². The van der Waals surface area contributed by atoms with E-state index < -0.39 is 5.79 Å². The van der Waals surface area contributed by atoms with Gasteiger partial charge in [-0.25, -0.2) is 0 Å². The maximum atomic E-state index is 6.61. The highest BCUT2D eigenvalue weighted by Crippen LogP contribution is 2.76. The van der Waals surface area contributed by atoms with Crippen LogP contribution in [0.15, 0.2) is 11.6 Å². The molecular formula is C34H56O3. The molecule has 0 aromatic heterocycles. The Hall–Kier alpha value is -0.380. The van der Waals surface area contributed by atoms with Gasteiger partial charge in [0.25, 0.3) is 0 Å². The summed E-state index contributed by atoms with van der Waals surface area (Å²) in [5.74, 6) is 1.62. The van der Waals surface area contributed by atoms with Gasteiger partial charge in [-0.1, -0.05) is 60.1 Å². The van der Waals surface area contributed by atoms with Crippen molar-refractivity contribution in [2.24, 2.45) is 50.2 Å². The lowest BCUT2D eigenvalue weighted by Gasteiger charge is -2.72. The van der Waals surface area contributed by atoms with Crippen molar-refractivity contribution in [2.45, 2.75) is 138 Å². The highest BCUT2D eigenvalue weighted by atomic mass is 16.7. The molecule has 3 heteroatoms. The molecule has 0 aromatic rings. The van der Waals surface area contributed by atoms with Crippen molar-refractivity contribution in [2.75, 3.05) is 13.7 Å². The molecule has 0 amide bonds. The molecule has 0 radical (unpaired) electrons. The second kappa shape index (κ2) is 7.88. The standard InChI is InChI=1S/C34H56O3/c1-28(2)19-23-22-11-12-25-31(6)15-14-26-32(7,21-36-29(3,4)37-26)24(31)13-16-34(25,9)33(22,8)18-17-30(23,5)27(20-28)35-10/h11,23-27H,12-21H2,1-10H3/t23-,24+,25+,26-,27+,30+,31-,32+,33+,34+/m0/s1. The third kappa shape index (κ3) is 3.41. The zero-order valence-electron chi connectivity index (χ0n) is 25.8. The van der Waals surface area contributed by atoms with E-state index in [0.29, 0.717) is 45.7 Å². The second-order valence-electron chi connectivity index (χ2n) is 17.0. The highest BCUT2D eigenvalue weighted by Gasteiger charge is 2.70. The molecule has 1 heterocycles. The molecule has 4 saturated carbocycles. The normalized spacial score (nSPS) is 56.1. The van der Waals surface area contributed by atoms with Crippen molar-refractivity contribution in [3.05, 3.63) is 11.6 Å². The molecule has 210 valence electrons. The van der Waals surface area contributed by atoms with Gasteiger partial charge in [-0.3, -0.25) is 0 Å². The Morgan fingerprint density at radius 3 is 2.22 bits per heavy atom. The van der Waals surface area contributed by atoms with E-state index >= 15 is 0 Å². The van der Waals surface area contributed by atoms with Crippen molar-refractivity contribution in [3.8, 4) is 0 Å². The zero-order chi connectivity index (χ0) is 26.9. The average molecular weight is 513 g/mol. The second-order valence-corrected chi connectivity index (χ2v) is 17.0. The largest absolute Gasteiger partial charge is 0.381 e. The van der Waals surface area contributed by atoms with Crippen LogP contribution in [-0.2, 0) is 14.2 Å². The summed E-state index contributed by atoms with van der Waals surface area (Å²) in [5.41, 5.74) is 3.55. The maximum absolute atomic E-state index is 6.61. The lowest BCUT2D eigenvalue weighted by molar-refractivity contribution is -0.351. The smallest absolute Gasteiger partial charge is 0.163 e. The minimum absolute atomic E-state index is 0.124. The van der Waals surface area contributed by atoms with Crippen LogP contribution in [0.2, 0.25) is 0 Å². The summed E-state index contributed by atoms with van der Waals surface area (Å²) in [6.07, 6.45) is 15.0. The monoisotopic (exact) mass is 512 g/mol. The number of hydrogen-bond donors (Lipinski definition) is 0. The van der Waals surface area contributed by atoms with Crippen LogP contribution in [0.5, 0.6) is 0 Å². The van der Waals surface area contributed by atoms with Gasteiger partial charge < -0.3 is 14.2 Å². The molecule has 0 bridgehead atoms. The summed E-state index contributed by atoms with van der Waals surface area (Å²) in [7, 11) is 1.97. The van der Waals surface area contributed by atoms with Crippen molar-refractivity contribution in [3.63, 3.8) is 0 Å². The van der Waals surface area contributed by atoms with Crippen LogP contribution in [0.3, 0.4) is 0 Å². The molecule has 0 spiro atoms. The van der Waals surface area contributed by atoms with E-state index in [1.807, 2.05) is 12.7 Å². The first-order valence-corrected chi connectivity index (χ1v) is 15.6. The molecule has 1 aliphatic heterocycles. The fourth-order valence-electron chi connectivity index (χ4n) is 11.9. The molecule has 5 aliphatic carbocycles. The lowest BCUT2D eigenvalue weighted by Crippen LogP contribution is -2.68. The Kier molecular flexibility index (Phi) is 5.71. The van der Waals surface area contributed by atoms with Crippen molar-refractivity contribution < 1.29 is 14.2 Å². The fraction of sp³-hybridized carbons (Fsp3) is 0.941. The van der Waals surface area contributed by atoms with E-state index in [0.717, 1.165) is 12.5 Å². The van der Waals surface area contributed by atoms with Crippen LogP contribution < -0.4 is 0 Å². The molecule has 0 unspecified atom stereocenters. The van der Waals surface area contributed by atoms with E-state index in [2.05, 4.69) is 68.4 Å². The maximum Gasteiger partial charge on any atom is 0.163 e. The molecule has 0 N–H and O–H groups in total. The molecular weight excluding hydrogens is 456 g/mol. The zero-order valence-corrected chi connectivity index (χ0v) is 25.8. The van der Waals surface area contributed by atoms with E-state index in [9.17, 15) is 0 Å². The van der Waals surface area contributed by atoms with Crippen LogP contribution in [0.1, 0.15) is 120 Å². The lowest BCUT2D eigenvalue weighted by atomic mass is 9.33. The van der Waals surface area contributed by atoms with Crippen LogP contribution in [0.25, 0.3) is 0 Å². The quantitative estimate of drug-likeness (QED) is 0.329. The SMILES string of the molecule is CO[C@@H]1CC(C)(C)C[C@H]2C3=CC[C@@H]4[C@@]5(C)CC[C@@H]6OC(C)(C)OC[C@]6(C)[C@@H]5CC[C@@]4(C)[C@]3(C)CC[C@@]12C. The van der Waals surface area contributed by atoms with Gasteiger partial charge in [-0.15, -0.1) is 0 Å². The topological polar surface area (TPSA) is 27.7 Å². The van der Waals surface area contributed by atoms with Gasteiger partial charge in [0.2, 0.25) is 0 Å². The van der Waals surface area contributed by atoms with Gasteiger partial charge in [-0.2, -0.15) is 0 Å². The van der Waals surface area contributed by atoms with Gasteiger partial charge in [0, 0.05) is 17.9 Å². The molecule has 37 heavy (non-hydrogen) atoms. The van der Waals surface area contributed by atoms with Gasteiger partial charge >= 0.3 is 0 Å². The van der Waals surface area contributed by atoms with Gasteiger partial charge in [0.05, 0.1) is 18.8 Å². The summed E-state index contributed by atoms with van der Waals surface area (Å²) in [6.45, 7) is 23.2. The Labute approximate surface area is 227 Å². The van der Waals surface area contributed by atoms with Crippen LogP contribution >= 0.6 is 0 Å². The van der Waals surface area contributed by atoms with Gasteiger partial charge in [0.1, 0.15) is 0 Å². The van der Waals surface area contributed by atoms with Gasteiger partial charge in [0.15, 0.2) is 5.79 Å². The summed E-state index contributed by atoms with van der Waals surface area (Å²) >= 11 is 0. The van der Waals surface area contributed by atoms with Crippen molar-refractivity contribution in [1.29, 1.82) is 0 Å². The summed E-state index contributed by atoms with van der Waals surface area (Å²) in [6, 6.07) is 0. The Balaban J connectivity index is 1.38. The van der Waals surface area contributed by atoms with E-state index in [4.69, 9.17) is 14.2 Å². The van der Waals surface area contributed by atoms with E-state index in [1.54, 1.807) is 0 Å². The molecule has 6 aliphatic rings. The Morgan fingerprint density at radius 1 is 0.784 bits per heavy atom. The van der Waals surface area contributed by atoms with Crippen molar-refractivity contribution in [1.82, 2.24) is 0 Å². The van der Waals surface area contributed by atoms with Crippen LogP contribution in [0.4, 0.5) is 0 Å². The van der Waals surface area contributed by atoms with Crippen molar-refractivity contribution >= 4 is 0 Å². The number of hydrogen-bond acceptors (Lipinski definition) is 3. The third-order valence-electron chi connectivity index (χ3n) is 14.3. The predicted molar refractivity (Wildman–Crippen MR) is 150 cm³/mol. The number of methoxy groups -OCH3 is 1.